The normalized spacial score (nSPS) is 18.4. The smallest absolute Gasteiger partial charge is 0.244 e. The minimum atomic E-state index is -3.98. The number of hydrogen-bond acceptors (Lipinski definition) is 4. The number of methoxy groups -OCH3 is 1. The van der Waals surface area contributed by atoms with Crippen molar-refractivity contribution in [1.29, 1.82) is 0 Å². The Balaban J connectivity index is 2.05. The molecule has 1 heterocycles. The molecule has 0 radical (unpaired) electrons. The van der Waals surface area contributed by atoms with E-state index in [9.17, 15) is 17.6 Å². The lowest BCUT2D eigenvalue weighted by Gasteiger charge is -2.34. The van der Waals surface area contributed by atoms with E-state index in [4.69, 9.17) is 4.74 Å². The minimum absolute atomic E-state index is 0.00730. The molecule has 2 aromatic rings. The molecule has 1 aliphatic rings. The van der Waals surface area contributed by atoms with Crippen LogP contribution >= 0.6 is 0 Å². The summed E-state index contributed by atoms with van der Waals surface area (Å²) < 4.78 is 46.0. The summed E-state index contributed by atoms with van der Waals surface area (Å²) in [5.41, 5.74) is 0.829. The van der Waals surface area contributed by atoms with Crippen molar-refractivity contribution in [2.75, 3.05) is 20.2 Å². The first kappa shape index (κ1) is 18.3. The molecule has 8 heteroatoms. The van der Waals surface area contributed by atoms with Gasteiger partial charge in [0.15, 0.2) is 0 Å². The highest BCUT2D eigenvalue weighted by atomic mass is 32.2. The van der Waals surface area contributed by atoms with Crippen molar-refractivity contribution < 1.29 is 22.3 Å². The average Bonchev–Trinajstić information content (AvgIpc) is 2.61. The molecule has 1 unspecified atom stereocenters. The SMILES string of the molecule is COc1ccc(C2C(=O)NCCN2S(=O)(=O)c2ccc(F)cc2C)cc1. The molecule has 138 valence electrons. The summed E-state index contributed by atoms with van der Waals surface area (Å²) in [6, 6.07) is 9.17. The highest BCUT2D eigenvalue weighted by Crippen LogP contribution is 2.31. The quantitative estimate of drug-likeness (QED) is 0.883. The second-order valence-electron chi connectivity index (χ2n) is 5.99. The third-order valence-electron chi connectivity index (χ3n) is 4.32. The summed E-state index contributed by atoms with van der Waals surface area (Å²) in [7, 11) is -2.46. The van der Waals surface area contributed by atoms with Gasteiger partial charge in [0.2, 0.25) is 15.9 Å². The summed E-state index contributed by atoms with van der Waals surface area (Å²) in [6.45, 7) is 1.87. The number of halogens is 1. The van der Waals surface area contributed by atoms with Crippen molar-refractivity contribution >= 4 is 15.9 Å². The Morgan fingerprint density at radius 1 is 1.19 bits per heavy atom. The predicted molar refractivity (Wildman–Crippen MR) is 93.8 cm³/mol. The molecule has 3 rings (SSSR count). The molecule has 0 aromatic heterocycles. The highest BCUT2D eigenvalue weighted by Gasteiger charge is 2.40. The van der Waals surface area contributed by atoms with Crippen LogP contribution in [-0.4, -0.2) is 38.8 Å². The van der Waals surface area contributed by atoms with Crippen molar-refractivity contribution in [3.8, 4) is 5.75 Å². The Bertz CT molecular complexity index is 929. The van der Waals surface area contributed by atoms with Gasteiger partial charge in [0, 0.05) is 13.1 Å². The van der Waals surface area contributed by atoms with Gasteiger partial charge in [-0.3, -0.25) is 4.79 Å². The Labute approximate surface area is 151 Å². The van der Waals surface area contributed by atoms with E-state index in [1.54, 1.807) is 24.3 Å². The predicted octanol–water partition coefficient (Wildman–Crippen LogP) is 2.00. The van der Waals surface area contributed by atoms with Crippen molar-refractivity contribution in [2.24, 2.45) is 0 Å². The number of nitrogens with one attached hydrogen (secondary N) is 1. The first-order valence-electron chi connectivity index (χ1n) is 8.04. The van der Waals surface area contributed by atoms with E-state index in [0.717, 1.165) is 10.4 Å². The summed E-state index contributed by atoms with van der Waals surface area (Å²) in [5.74, 6) is -0.303. The van der Waals surface area contributed by atoms with E-state index >= 15 is 0 Å². The molecule has 26 heavy (non-hydrogen) atoms. The summed E-state index contributed by atoms with van der Waals surface area (Å²) in [6.07, 6.45) is 0. The molecular formula is C18H19FN2O4S. The van der Waals surface area contributed by atoms with Crippen LogP contribution in [0, 0.1) is 12.7 Å². The van der Waals surface area contributed by atoms with Crippen LogP contribution < -0.4 is 10.1 Å². The molecule has 1 fully saturated rings. The molecular weight excluding hydrogens is 359 g/mol. The van der Waals surface area contributed by atoms with E-state index in [2.05, 4.69) is 5.32 Å². The summed E-state index contributed by atoms with van der Waals surface area (Å²) in [4.78, 5) is 12.5. The number of carbonyl (C=O) groups excluding carboxylic acids is 1. The number of amides is 1. The molecule has 6 nitrogen and oxygen atoms in total. The molecule has 2 aromatic carbocycles. The molecule has 1 aliphatic heterocycles. The first-order chi connectivity index (χ1) is 12.3. The number of benzene rings is 2. The van der Waals surface area contributed by atoms with Gasteiger partial charge in [-0.2, -0.15) is 4.31 Å². The zero-order chi connectivity index (χ0) is 18.9. The number of ether oxygens (including phenoxy) is 1. The third-order valence-corrected chi connectivity index (χ3v) is 6.35. The number of nitrogens with zero attached hydrogens (tertiary/aromatic N) is 1. The number of aryl methyl sites for hydroxylation is 1. The Morgan fingerprint density at radius 3 is 2.50 bits per heavy atom. The molecule has 1 saturated heterocycles. The lowest BCUT2D eigenvalue weighted by molar-refractivity contribution is -0.126. The van der Waals surface area contributed by atoms with Gasteiger partial charge in [-0.25, -0.2) is 12.8 Å². The molecule has 1 N–H and O–H groups in total. The monoisotopic (exact) mass is 378 g/mol. The number of sulfonamides is 1. The van der Waals surface area contributed by atoms with Crippen molar-refractivity contribution in [3.63, 3.8) is 0 Å². The fourth-order valence-corrected chi connectivity index (χ4v) is 4.82. The Kier molecular flexibility index (Phi) is 4.97. The Hall–Kier alpha value is -2.45. The van der Waals surface area contributed by atoms with Gasteiger partial charge >= 0.3 is 0 Å². The maximum Gasteiger partial charge on any atom is 0.244 e. The van der Waals surface area contributed by atoms with Crippen LogP contribution in [0.15, 0.2) is 47.4 Å². The van der Waals surface area contributed by atoms with Gasteiger partial charge in [0.05, 0.1) is 12.0 Å². The fourth-order valence-electron chi connectivity index (χ4n) is 3.04. The van der Waals surface area contributed by atoms with E-state index in [1.165, 1.54) is 26.2 Å². The van der Waals surface area contributed by atoms with Gasteiger partial charge in [0.25, 0.3) is 0 Å². The van der Waals surface area contributed by atoms with E-state index in [0.29, 0.717) is 16.9 Å². The summed E-state index contributed by atoms with van der Waals surface area (Å²) >= 11 is 0. The Morgan fingerprint density at radius 2 is 1.88 bits per heavy atom. The third kappa shape index (κ3) is 3.30. The molecule has 0 bridgehead atoms. The van der Waals surface area contributed by atoms with Gasteiger partial charge in [0.1, 0.15) is 17.6 Å². The molecule has 0 saturated carbocycles. The summed E-state index contributed by atoms with van der Waals surface area (Å²) in [5, 5.41) is 2.70. The number of piperazine rings is 1. The average molecular weight is 378 g/mol. The molecule has 1 atom stereocenters. The lowest BCUT2D eigenvalue weighted by Crippen LogP contribution is -2.52. The van der Waals surface area contributed by atoms with Crippen LogP contribution in [0.2, 0.25) is 0 Å². The van der Waals surface area contributed by atoms with Crippen LogP contribution in [0.4, 0.5) is 4.39 Å². The zero-order valence-electron chi connectivity index (χ0n) is 14.4. The second kappa shape index (κ2) is 7.05. The lowest BCUT2D eigenvalue weighted by atomic mass is 10.0. The van der Waals surface area contributed by atoms with Gasteiger partial charge in [-0.1, -0.05) is 12.1 Å². The van der Waals surface area contributed by atoms with E-state index in [-0.39, 0.29) is 18.0 Å². The number of hydrogen-bond donors (Lipinski definition) is 1. The van der Waals surface area contributed by atoms with Gasteiger partial charge in [-0.05, 0) is 48.4 Å². The van der Waals surface area contributed by atoms with Crippen LogP contribution in [0.25, 0.3) is 0 Å². The topological polar surface area (TPSA) is 75.7 Å². The van der Waals surface area contributed by atoms with E-state index < -0.39 is 27.8 Å². The standard InChI is InChI=1S/C18H19FN2O4S/c1-12-11-14(19)5-8-16(12)26(23,24)21-10-9-20-18(22)17(21)13-3-6-15(25-2)7-4-13/h3-8,11,17H,9-10H2,1-2H3,(H,20,22). The van der Waals surface area contributed by atoms with Crippen molar-refractivity contribution in [2.45, 2.75) is 17.9 Å². The number of rotatable bonds is 4. The fraction of sp³-hybridized carbons (Fsp3) is 0.278. The van der Waals surface area contributed by atoms with Gasteiger partial charge in [-0.15, -0.1) is 0 Å². The van der Waals surface area contributed by atoms with E-state index in [1.807, 2.05) is 0 Å². The van der Waals surface area contributed by atoms with Crippen molar-refractivity contribution in [3.05, 3.63) is 59.4 Å². The van der Waals surface area contributed by atoms with Gasteiger partial charge < -0.3 is 10.1 Å². The first-order valence-corrected chi connectivity index (χ1v) is 9.48. The zero-order valence-corrected chi connectivity index (χ0v) is 15.2. The van der Waals surface area contributed by atoms with Crippen LogP contribution in [0.1, 0.15) is 17.2 Å². The van der Waals surface area contributed by atoms with Crippen LogP contribution in [-0.2, 0) is 14.8 Å². The maximum atomic E-state index is 13.4. The molecule has 0 aliphatic carbocycles. The number of carbonyl (C=O) groups is 1. The molecule has 1 amide bonds. The van der Waals surface area contributed by atoms with Crippen molar-refractivity contribution in [1.82, 2.24) is 9.62 Å². The minimum Gasteiger partial charge on any atom is -0.497 e. The van der Waals surface area contributed by atoms with Crippen LogP contribution in [0.3, 0.4) is 0 Å². The maximum absolute atomic E-state index is 13.4. The second-order valence-corrected chi connectivity index (χ2v) is 7.85. The highest BCUT2D eigenvalue weighted by molar-refractivity contribution is 7.89. The van der Waals surface area contributed by atoms with Crippen LogP contribution in [0.5, 0.6) is 5.75 Å². The molecule has 0 spiro atoms. The largest absolute Gasteiger partial charge is 0.497 e.